The molecule has 0 heterocycles. The van der Waals surface area contributed by atoms with E-state index in [0.717, 1.165) is 24.0 Å². The summed E-state index contributed by atoms with van der Waals surface area (Å²) in [6.45, 7) is 3.81. The summed E-state index contributed by atoms with van der Waals surface area (Å²) >= 11 is 5.84. The summed E-state index contributed by atoms with van der Waals surface area (Å²) in [5.74, 6) is 0. The minimum atomic E-state index is 0.477. The van der Waals surface area contributed by atoms with Crippen molar-refractivity contribution in [1.82, 2.24) is 5.32 Å². The van der Waals surface area contributed by atoms with Crippen LogP contribution in [0.3, 0.4) is 0 Å². The number of hydrogen-bond donors (Lipinski definition) is 2. The van der Waals surface area contributed by atoms with Gasteiger partial charge in [-0.1, -0.05) is 15.9 Å². The normalized spacial score (nSPS) is 12.8. The Morgan fingerprint density at radius 1 is 1.53 bits per heavy atom. The summed E-state index contributed by atoms with van der Waals surface area (Å²) in [5, 5.41) is 3.46. The van der Waals surface area contributed by atoms with Crippen molar-refractivity contribution in [2.24, 2.45) is 5.73 Å². The largest absolute Gasteiger partial charge is 0.330 e. The Morgan fingerprint density at radius 3 is 2.93 bits per heavy atom. The van der Waals surface area contributed by atoms with Crippen LogP contribution in [0.4, 0.5) is 0 Å². The van der Waals surface area contributed by atoms with E-state index >= 15 is 0 Å². The summed E-state index contributed by atoms with van der Waals surface area (Å²) in [6.07, 6.45) is 1.02. The average molecular weight is 383 g/mol. The van der Waals surface area contributed by atoms with Crippen LogP contribution in [-0.4, -0.2) is 12.6 Å². The van der Waals surface area contributed by atoms with E-state index in [4.69, 9.17) is 5.73 Å². The van der Waals surface area contributed by atoms with Gasteiger partial charge in [-0.25, -0.2) is 0 Å². The lowest BCUT2D eigenvalue weighted by atomic mass is 10.2. The van der Waals surface area contributed by atoms with E-state index in [-0.39, 0.29) is 0 Å². The summed E-state index contributed by atoms with van der Waals surface area (Å²) in [7, 11) is 0. The zero-order chi connectivity index (χ0) is 11.3. The Labute approximate surface area is 113 Å². The molecule has 1 unspecified atom stereocenters. The lowest BCUT2D eigenvalue weighted by molar-refractivity contribution is 0.519. The molecule has 2 nitrogen and oxygen atoms in total. The molecule has 84 valence electrons. The molecule has 0 fully saturated rings. The average Bonchev–Trinajstić information content (AvgIpc) is 2.20. The minimum absolute atomic E-state index is 0.477. The van der Waals surface area contributed by atoms with Crippen molar-refractivity contribution in [1.29, 1.82) is 0 Å². The smallest absolute Gasteiger partial charge is 0.0218 e. The third-order valence-corrected chi connectivity index (χ3v) is 3.79. The molecule has 1 aromatic carbocycles. The van der Waals surface area contributed by atoms with Gasteiger partial charge in [0.15, 0.2) is 0 Å². The third-order valence-electron chi connectivity index (χ3n) is 2.25. The molecule has 0 aliphatic carbocycles. The van der Waals surface area contributed by atoms with Crippen LogP contribution in [-0.2, 0) is 6.54 Å². The molecule has 0 aliphatic heterocycles. The van der Waals surface area contributed by atoms with Crippen molar-refractivity contribution in [2.45, 2.75) is 25.9 Å². The lowest BCUT2D eigenvalue weighted by Crippen LogP contribution is -2.28. The molecule has 0 amide bonds. The van der Waals surface area contributed by atoms with E-state index in [1.165, 1.54) is 9.13 Å². The SMILES string of the molecule is CC(CCN)NCc1cc(Br)ccc1I. The van der Waals surface area contributed by atoms with Crippen molar-refractivity contribution in [3.8, 4) is 0 Å². The van der Waals surface area contributed by atoms with Gasteiger partial charge in [0, 0.05) is 20.6 Å². The van der Waals surface area contributed by atoms with Crippen LogP contribution in [0.25, 0.3) is 0 Å². The first-order chi connectivity index (χ1) is 7.13. The van der Waals surface area contributed by atoms with Gasteiger partial charge in [0.05, 0.1) is 0 Å². The Morgan fingerprint density at radius 2 is 2.27 bits per heavy atom. The number of halogens is 2. The van der Waals surface area contributed by atoms with Gasteiger partial charge in [0.2, 0.25) is 0 Å². The Hall–Kier alpha value is 0.350. The van der Waals surface area contributed by atoms with Crippen LogP contribution >= 0.6 is 38.5 Å². The quantitative estimate of drug-likeness (QED) is 0.768. The first-order valence-electron chi connectivity index (χ1n) is 5.01. The topological polar surface area (TPSA) is 38.0 Å². The van der Waals surface area contributed by atoms with Gasteiger partial charge in [-0.3, -0.25) is 0 Å². The second kappa shape index (κ2) is 6.83. The monoisotopic (exact) mass is 382 g/mol. The number of hydrogen-bond acceptors (Lipinski definition) is 2. The fraction of sp³-hybridized carbons (Fsp3) is 0.455. The summed E-state index contributed by atoms with van der Waals surface area (Å²) in [5.41, 5.74) is 6.83. The fourth-order valence-electron chi connectivity index (χ4n) is 1.32. The van der Waals surface area contributed by atoms with Gasteiger partial charge in [0.25, 0.3) is 0 Å². The molecule has 0 radical (unpaired) electrons. The maximum Gasteiger partial charge on any atom is 0.0218 e. The maximum absolute atomic E-state index is 5.50. The van der Waals surface area contributed by atoms with Crippen molar-refractivity contribution < 1.29 is 0 Å². The molecule has 0 spiro atoms. The van der Waals surface area contributed by atoms with Gasteiger partial charge in [-0.05, 0) is 66.2 Å². The van der Waals surface area contributed by atoms with Gasteiger partial charge in [0.1, 0.15) is 0 Å². The summed E-state index contributed by atoms with van der Waals surface area (Å²) < 4.78 is 2.43. The predicted molar refractivity (Wildman–Crippen MR) is 76.8 cm³/mol. The van der Waals surface area contributed by atoms with E-state index in [1.807, 2.05) is 0 Å². The molecule has 1 aromatic rings. The van der Waals surface area contributed by atoms with Crippen molar-refractivity contribution in [2.75, 3.05) is 6.54 Å². The molecule has 0 saturated heterocycles. The number of nitrogens with two attached hydrogens (primary N) is 1. The van der Waals surface area contributed by atoms with Crippen LogP contribution in [0, 0.1) is 3.57 Å². The molecule has 0 saturated carbocycles. The van der Waals surface area contributed by atoms with E-state index in [2.05, 4.69) is 69.0 Å². The standard InChI is InChI=1S/C11H16BrIN2/c1-8(4-5-14)15-7-9-6-10(12)2-3-11(9)13/h2-3,6,8,15H,4-5,7,14H2,1H3. The lowest BCUT2D eigenvalue weighted by Gasteiger charge is -2.13. The molecule has 0 aromatic heterocycles. The van der Waals surface area contributed by atoms with E-state index < -0.39 is 0 Å². The molecular weight excluding hydrogens is 367 g/mol. The van der Waals surface area contributed by atoms with E-state index in [0.29, 0.717) is 6.04 Å². The van der Waals surface area contributed by atoms with E-state index in [9.17, 15) is 0 Å². The highest BCUT2D eigenvalue weighted by Gasteiger charge is 2.03. The van der Waals surface area contributed by atoms with Crippen molar-refractivity contribution in [3.63, 3.8) is 0 Å². The second-order valence-corrected chi connectivity index (χ2v) is 5.67. The first kappa shape index (κ1) is 13.4. The van der Waals surface area contributed by atoms with Crippen LogP contribution in [0.1, 0.15) is 18.9 Å². The van der Waals surface area contributed by atoms with E-state index in [1.54, 1.807) is 0 Å². The summed E-state index contributed by atoms with van der Waals surface area (Å²) in [4.78, 5) is 0. The Balaban J connectivity index is 2.53. The van der Waals surface area contributed by atoms with Crippen LogP contribution in [0.2, 0.25) is 0 Å². The van der Waals surface area contributed by atoms with Gasteiger partial charge < -0.3 is 11.1 Å². The Kier molecular flexibility index (Phi) is 6.11. The Bertz CT molecular complexity index is 317. The highest BCUT2D eigenvalue weighted by Crippen LogP contribution is 2.18. The number of benzene rings is 1. The molecule has 0 aliphatic rings. The number of rotatable bonds is 5. The second-order valence-electron chi connectivity index (χ2n) is 3.60. The minimum Gasteiger partial charge on any atom is -0.330 e. The van der Waals surface area contributed by atoms with Crippen LogP contribution in [0.5, 0.6) is 0 Å². The molecular formula is C11H16BrIN2. The van der Waals surface area contributed by atoms with Crippen LogP contribution in [0.15, 0.2) is 22.7 Å². The molecule has 1 atom stereocenters. The highest BCUT2D eigenvalue weighted by atomic mass is 127. The van der Waals surface area contributed by atoms with Crippen LogP contribution < -0.4 is 11.1 Å². The van der Waals surface area contributed by atoms with Gasteiger partial charge in [-0.2, -0.15) is 0 Å². The zero-order valence-corrected chi connectivity index (χ0v) is 12.5. The first-order valence-corrected chi connectivity index (χ1v) is 6.88. The van der Waals surface area contributed by atoms with Crippen molar-refractivity contribution in [3.05, 3.63) is 31.8 Å². The number of nitrogens with one attached hydrogen (secondary N) is 1. The fourth-order valence-corrected chi connectivity index (χ4v) is 2.25. The summed E-state index contributed by atoms with van der Waals surface area (Å²) in [6, 6.07) is 6.82. The van der Waals surface area contributed by atoms with Gasteiger partial charge in [-0.15, -0.1) is 0 Å². The molecule has 0 bridgehead atoms. The molecule has 15 heavy (non-hydrogen) atoms. The predicted octanol–water partition coefficient (Wildman–Crippen LogP) is 2.88. The third kappa shape index (κ3) is 4.80. The molecule has 4 heteroatoms. The molecule has 3 N–H and O–H groups in total. The highest BCUT2D eigenvalue weighted by molar-refractivity contribution is 14.1. The molecule has 1 rings (SSSR count). The zero-order valence-electron chi connectivity index (χ0n) is 8.76. The van der Waals surface area contributed by atoms with Gasteiger partial charge >= 0.3 is 0 Å². The maximum atomic E-state index is 5.50. The van der Waals surface area contributed by atoms with Crippen molar-refractivity contribution >= 4 is 38.5 Å².